The zero-order valence-corrected chi connectivity index (χ0v) is 21.2. The van der Waals surface area contributed by atoms with E-state index in [0.29, 0.717) is 40.3 Å². The summed E-state index contributed by atoms with van der Waals surface area (Å²) in [5.41, 5.74) is 1.29. The van der Waals surface area contributed by atoms with Crippen LogP contribution in [-0.2, 0) is 11.0 Å². The summed E-state index contributed by atoms with van der Waals surface area (Å²) in [5.74, 6) is -0.957. The number of piperidine rings is 1. The predicted octanol–water partition coefficient (Wildman–Crippen LogP) is 5.77. The van der Waals surface area contributed by atoms with Gasteiger partial charge in [0.2, 0.25) is 5.91 Å². The molecule has 5 rings (SSSR count). The number of hydrogen-bond donors (Lipinski definition) is 1. The number of amides is 2. The van der Waals surface area contributed by atoms with E-state index in [9.17, 15) is 22.8 Å². The maximum atomic E-state index is 13.0. The molecule has 1 N–H and O–H groups in total. The van der Waals surface area contributed by atoms with E-state index >= 15 is 0 Å². The van der Waals surface area contributed by atoms with Gasteiger partial charge in [-0.3, -0.25) is 19.3 Å². The van der Waals surface area contributed by atoms with Crippen molar-refractivity contribution in [3.05, 3.63) is 83.8 Å². The number of nitrogens with one attached hydrogen (secondary N) is 1. The summed E-state index contributed by atoms with van der Waals surface area (Å²) in [5, 5.41) is 8.37. The number of likely N-dealkylation sites (tertiary alicyclic amines) is 1. The van der Waals surface area contributed by atoms with Crippen molar-refractivity contribution in [2.75, 3.05) is 18.4 Å². The SMILES string of the molecule is C=CC(=O)N1CCC[C@@H](n2nc(-c3ccc(C(=O)Nc4cc(C(F)(F)F)ccn4)cc3)c3cncc(Cl)c32)C1. The molecule has 3 aromatic heterocycles. The molecule has 1 aromatic carbocycles. The maximum Gasteiger partial charge on any atom is 0.416 e. The third-order valence-corrected chi connectivity index (χ3v) is 6.82. The van der Waals surface area contributed by atoms with Crippen molar-refractivity contribution >= 4 is 40.1 Å². The van der Waals surface area contributed by atoms with Crippen LogP contribution < -0.4 is 5.32 Å². The smallest absolute Gasteiger partial charge is 0.337 e. The molecule has 0 spiro atoms. The molecule has 4 heterocycles. The van der Waals surface area contributed by atoms with E-state index < -0.39 is 17.6 Å². The van der Waals surface area contributed by atoms with Gasteiger partial charge in [-0.25, -0.2) is 4.98 Å². The van der Waals surface area contributed by atoms with Crippen LogP contribution in [0.3, 0.4) is 0 Å². The zero-order valence-electron chi connectivity index (χ0n) is 20.5. The highest BCUT2D eigenvalue weighted by atomic mass is 35.5. The molecule has 1 aliphatic heterocycles. The minimum Gasteiger partial charge on any atom is -0.337 e. The number of carbonyl (C=O) groups is 2. The fraction of sp³-hybridized carbons (Fsp3) is 0.222. The second-order valence-corrected chi connectivity index (χ2v) is 9.46. The number of pyridine rings is 2. The molecular formula is C27H22ClF3N6O2. The fourth-order valence-electron chi connectivity index (χ4n) is 4.65. The Morgan fingerprint density at radius 2 is 1.92 bits per heavy atom. The summed E-state index contributed by atoms with van der Waals surface area (Å²) in [4.78, 5) is 34.7. The third-order valence-electron chi connectivity index (χ3n) is 6.54. The van der Waals surface area contributed by atoms with Crippen LogP contribution >= 0.6 is 11.6 Å². The van der Waals surface area contributed by atoms with Gasteiger partial charge in [0.15, 0.2) is 0 Å². The van der Waals surface area contributed by atoms with Crippen molar-refractivity contribution in [3.8, 4) is 11.3 Å². The molecule has 200 valence electrons. The van der Waals surface area contributed by atoms with Crippen molar-refractivity contribution in [2.24, 2.45) is 0 Å². The van der Waals surface area contributed by atoms with Crippen LogP contribution in [0.15, 0.2) is 67.6 Å². The van der Waals surface area contributed by atoms with Gasteiger partial charge in [-0.15, -0.1) is 0 Å². The minimum atomic E-state index is -4.55. The Bertz CT molecular complexity index is 1570. The lowest BCUT2D eigenvalue weighted by Gasteiger charge is -2.32. The first-order valence-corrected chi connectivity index (χ1v) is 12.4. The monoisotopic (exact) mass is 554 g/mol. The van der Waals surface area contributed by atoms with Gasteiger partial charge in [0.1, 0.15) is 11.5 Å². The van der Waals surface area contributed by atoms with E-state index in [4.69, 9.17) is 16.7 Å². The van der Waals surface area contributed by atoms with Gasteiger partial charge in [0.05, 0.1) is 22.1 Å². The number of nitrogens with zero attached hydrogens (tertiary/aromatic N) is 5. The van der Waals surface area contributed by atoms with E-state index in [2.05, 4.69) is 21.9 Å². The van der Waals surface area contributed by atoms with E-state index in [1.165, 1.54) is 12.3 Å². The highest BCUT2D eigenvalue weighted by Gasteiger charge is 2.31. The molecule has 12 heteroatoms. The summed E-state index contributed by atoms with van der Waals surface area (Å²) in [6.07, 6.45) is 2.54. The van der Waals surface area contributed by atoms with Crippen molar-refractivity contribution in [1.82, 2.24) is 24.6 Å². The average Bonchev–Trinajstić information content (AvgIpc) is 3.33. The quantitative estimate of drug-likeness (QED) is 0.316. The minimum absolute atomic E-state index is 0.108. The van der Waals surface area contributed by atoms with Gasteiger partial charge >= 0.3 is 6.18 Å². The number of halogens is 4. The first-order valence-electron chi connectivity index (χ1n) is 12.0. The number of alkyl halides is 3. The Kier molecular flexibility index (Phi) is 7.09. The molecule has 0 aliphatic carbocycles. The molecule has 1 saturated heterocycles. The molecule has 8 nitrogen and oxygen atoms in total. The highest BCUT2D eigenvalue weighted by Crippen LogP contribution is 2.35. The van der Waals surface area contributed by atoms with Crippen molar-refractivity contribution < 1.29 is 22.8 Å². The van der Waals surface area contributed by atoms with Crippen molar-refractivity contribution in [2.45, 2.75) is 25.1 Å². The zero-order chi connectivity index (χ0) is 27.7. The molecule has 0 radical (unpaired) electrons. The average molecular weight is 555 g/mol. The van der Waals surface area contributed by atoms with Crippen LogP contribution in [0.1, 0.15) is 34.8 Å². The molecule has 39 heavy (non-hydrogen) atoms. The Morgan fingerprint density at radius 3 is 2.64 bits per heavy atom. The second kappa shape index (κ2) is 10.5. The van der Waals surface area contributed by atoms with E-state index in [-0.39, 0.29) is 23.3 Å². The number of hydrogen-bond acceptors (Lipinski definition) is 5. The Morgan fingerprint density at radius 1 is 1.15 bits per heavy atom. The van der Waals surface area contributed by atoms with E-state index in [1.54, 1.807) is 35.4 Å². The number of benzene rings is 1. The lowest BCUT2D eigenvalue weighted by atomic mass is 10.1. The van der Waals surface area contributed by atoms with Gasteiger partial charge in [-0.2, -0.15) is 18.3 Å². The molecule has 2 amide bonds. The first-order chi connectivity index (χ1) is 18.7. The predicted molar refractivity (Wildman–Crippen MR) is 140 cm³/mol. The van der Waals surface area contributed by atoms with Gasteiger partial charge < -0.3 is 10.2 Å². The standard InChI is InChI=1S/C27H22ClF3N6O2/c1-2-23(38)36-11-3-4-19(15-36)37-25-20(13-32-14-21(25)28)24(35-37)16-5-7-17(8-6-16)26(39)34-22-12-18(9-10-33-22)27(29,30)31/h2,5-10,12-14,19H,1,3-4,11,15H2,(H,33,34,39)/t19-/m1/s1. The highest BCUT2D eigenvalue weighted by molar-refractivity contribution is 6.35. The van der Waals surface area contributed by atoms with E-state index in [1.807, 2.05) is 4.68 Å². The van der Waals surface area contributed by atoms with Crippen LogP contribution in [0, 0.1) is 0 Å². The molecule has 1 atom stereocenters. The normalized spacial score (nSPS) is 15.8. The lowest BCUT2D eigenvalue weighted by molar-refractivity contribution is -0.137. The van der Waals surface area contributed by atoms with Crippen LogP contribution in [0.5, 0.6) is 0 Å². The van der Waals surface area contributed by atoms with Crippen LogP contribution in [0.2, 0.25) is 5.02 Å². The lowest BCUT2D eigenvalue weighted by Crippen LogP contribution is -2.40. The van der Waals surface area contributed by atoms with Gasteiger partial charge in [-0.05, 0) is 43.2 Å². The number of anilines is 1. The first kappa shape index (κ1) is 26.4. The molecular weight excluding hydrogens is 533 g/mol. The van der Waals surface area contributed by atoms with Crippen LogP contribution in [0.4, 0.5) is 19.0 Å². The van der Waals surface area contributed by atoms with Gasteiger partial charge in [0.25, 0.3) is 5.91 Å². The van der Waals surface area contributed by atoms with Gasteiger partial charge in [-0.1, -0.05) is 30.3 Å². The summed E-state index contributed by atoms with van der Waals surface area (Å²) in [6, 6.07) is 7.97. The molecule has 1 aliphatic rings. The maximum absolute atomic E-state index is 13.0. The summed E-state index contributed by atoms with van der Waals surface area (Å²) in [6.45, 7) is 4.68. The fourth-order valence-corrected chi connectivity index (χ4v) is 4.89. The number of fused-ring (bicyclic) bond motifs is 1. The topological polar surface area (TPSA) is 93.0 Å². The molecule has 1 fully saturated rings. The van der Waals surface area contributed by atoms with E-state index in [0.717, 1.165) is 31.2 Å². The number of rotatable bonds is 5. The summed E-state index contributed by atoms with van der Waals surface area (Å²) >= 11 is 6.54. The number of aromatic nitrogens is 4. The largest absolute Gasteiger partial charge is 0.416 e. The Labute approximate surface area is 226 Å². The van der Waals surface area contributed by atoms with Crippen molar-refractivity contribution in [3.63, 3.8) is 0 Å². The Balaban J connectivity index is 1.43. The van der Waals surface area contributed by atoms with Crippen LogP contribution in [-0.4, -0.2) is 49.6 Å². The summed E-state index contributed by atoms with van der Waals surface area (Å²) in [7, 11) is 0. The van der Waals surface area contributed by atoms with Gasteiger partial charge in [0, 0.05) is 48.2 Å². The third kappa shape index (κ3) is 5.35. The molecule has 0 bridgehead atoms. The van der Waals surface area contributed by atoms with Crippen molar-refractivity contribution in [1.29, 1.82) is 0 Å². The number of carbonyl (C=O) groups excluding carboxylic acids is 2. The molecule has 0 saturated carbocycles. The summed E-state index contributed by atoms with van der Waals surface area (Å²) < 4.78 is 40.8. The Hall–Kier alpha value is -4.25. The second-order valence-electron chi connectivity index (χ2n) is 9.05. The molecule has 4 aromatic rings. The van der Waals surface area contributed by atoms with Crippen LogP contribution in [0.25, 0.3) is 22.2 Å². The molecule has 0 unspecified atom stereocenters.